The van der Waals surface area contributed by atoms with Gasteiger partial charge in [-0.25, -0.2) is 4.79 Å². The van der Waals surface area contributed by atoms with Crippen molar-refractivity contribution in [2.24, 2.45) is 0 Å². The molecule has 106 valence electrons. The maximum absolute atomic E-state index is 11.9. The third-order valence-corrected chi connectivity index (χ3v) is 3.48. The van der Waals surface area contributed by atoms with Gasteiger partial charge < -0.3 is 14.6 Å². The fraction of sp³-hybridized carbons (Fsp3) is 0.286. The number of methoxy groups -OCH3 is 1. The molecule has 0 fully saturated rings. The minimum Gasteiger partial charge on any atom is -0.467 e. The summed E-state index contributed by atoms with van der Waals surface area (Å²) in [5, 5.41) is 3.66. The van der Waals surface area contributed by atoms with Crippen molar-refractivity contribution in [1.29, 1.82) is 0 Å². The lowest BCUT2D eigenvalue weighted by Gasteiger charge is -2.12. The van der Waals surface area contributed by atoms with Crippen LogP contribution in [0.15, 0.2) is 34.9 Å². The van der Waals surface area contributed by atoms with Gasteiger partial charge in [-0.3, -0.25) is 4.79 Å². The highest BCUT2D eigenvalue weighted by Gasteiger charge is 2.16. The molecule has 20 heavy (non-hydrogen) atoms. The number of nitrogens with one attached hydrogen (secondary N) is 1. The molecule has 0 unspecified atom stereocenters. The van der Waals surface area contributed by atoms with Crippen molar-refractivity contribution in [3.05, 3.63) is 34.9 Å². The SMILES string of the molecule is COC(=O)[C@H](C)NC(=O)Cn1ccc2ccc(Br)cc21. The van der Waals surface area contributed by atoms with E-state index in [2.05, 4.69) is 26.0 Å². The van der Waals surface area contributed by atoms with Crippen LogP contribution in [0, 0.1) is 0 Å². The second-order valence-corrected chi connectivity index (χ2v) is 5.37. The van der Waals surface area contributed by atoms with Crippen LogP contribution >= 0.6 is 15.9 Å². The van der Waals surface area contributed by atoms with Crippen LogP contribution in [0.3, 0.4) is 0 Å². The fourth-order valence-corrected chi connectivity index (χ4v) is 2.32. The number of ether oxygens (including phenoxy) is 1. The number of esters is 1. The molecule has 1 aromatic heterocycles. The van der Waals surface area contributed by atoms with E-state index in [1.54, 1.807) is 6.92 Å². The Morgan fingerprint density at radius 1 is 1.40 bits per heavy atom. The van der Waals surface area contributed by atoms with Gasteiger partial charge in [0.2, 0.25) is 5.91 Å². The summed E-state index contributed by atoms with van der Waals surface area (Å²) in [6.45, 7) is 1.75. The number of halogens is 1. The van der Waals surface area contributed by atoms with Gasteiger partial charge in [-0.15, -0.1) is 0 Å². The van der Waals surface area contributed by atoms with Crippen molar-refractivity contribution in [2.75, 3.05) is 7.11 Å². The zero-order valence-electron chi connectivity index (χ0n) is 11.2. The summed E-state index contributed by atoms with van der Waals surface area (Å²) >= 11 is 3.41. The lowest BCUT2D eigenvalue weighted by Crippen LogP contribution is -2.40. The Kier molecular flexibility index (Phi) is 4.44. The first-order valence-corrected chi connectivity index (χ1v) is 6.92. The zero-order valence-corrected chi connectivity index (χ0v) is 12.8. The molecule has 2 rings (SSSR count). The lowest BCUT2D eigenvalue weighted by atomic mass is 10.2. The number of rotatable bonds is 4. The summed E-state index contributed by atoms with van der Waals surface area (Å²) in [6.07, 6.45) is 1.85. The molecule has 0 spiro atoms. The molecule has 0 aliphatic carbocycles. The van der Waals surface area contributed by atoms with Crippen molar-refractivity contribution in [3.63, 3.8) is 0 Å². The number of hydrogen-bond donors (Lipinski definition) is 1. The van der Waals surface area contributed by atoms with Crippen LogP contribution in [0.5, 0.6) is 0 Å². The summed E-state index contributed by atoms with van der Waals surface area (Å²) in [4.78, 5) is 23.2. The molecule has 0 aliphatic rings. The van der Waals surface area contributed by atoms with E-state index >= 15 is 0 Å². The van der Waals surface area contributed by atoms with Gasteiger partial charge in [-0.1, -0.05) is 22.0 Å². The molecule has 0 aliphatic heterocycles. The normalized spacial score (nSPS) is 12.2. The van der Waals surface area contributed by atoms with Crippen LogP contribution in [0.4, 0.5) is 0 Å². The molecule has 0 saturated heterocycles. The smallest absolute Gasteiger partial charge is 0.328 e. The van der Waals surface area contributed by atoms with Gasteiger partial charge in [0.25, 0.3) is 0 Å². The fourth-order valence-electron chi connectivity index (χ4n) is 1.97. The highest BCUT2D eigenvalue weighted by molar-refractivity contribution is 9.10. The average Bonchev–Trinajstić information content (AvgIpc) is 2.80. The standard InChI is InChI=1S/C14H15BrN2O3/c1-9(14(19)20-2)16-13(18)8-17-6-5-10-3-4-11(15)7-12(10)17/h3-7,9H,8H2,1-2H3,(H,16,18)/t9-/m0/s1. The average molecular weight is 339 g/mol. The van der Waals surface area contributed by atoms with E-state index in [1.165, 1.54) is 7.11 Å². The quantitative estimate of drug-likeness (QED) is 0.868. The Morgan fingerprint density at radius 2 is 2.15 bits per heavy atom. The number of amides is 1. The molecule has 2 aromatic rings. The first-order valence-electron chi connectivity index (χ1n) is 6.13. The predicted molar refractivity (Wildman–Crippen MR) is 79.3 cm³/mol. The number of fused-ring (bicyclic) bond motifs is 1. The molecule has 0 radical (unpaired) electrons. The van der Waals surface area contributed by atoms with Gasteiger partial charge >= 0.3 is 5.97 Å². The Hall–Kier alpha value is -1.82. The molecule has 6 heteroatoms. The molecular formula is C14H15BrN2O3. The topological polar surface area (TPSA) is 60.3 Å². The monoisotopic (exact) mass is 338 g/mol. The van der Waals surface area contributed by atoms with Crippen molar-refractivity contribution in [3.8, 4) is 0 Å². The summed E-state index contributed by atoms with van der Waals surface area (Å²) < 4.78 is 7.35. The Labute approximate surface area is 125 Å². The maximum atomic E-state index is 11.9. The predicted octanol–water partition coefficient (Wildman–Crippen LogP) is 2.08. The summed E-state index contributed by atoms with van der Waals surface area (Å²) in [5.74, 6) is -0.696. The van der Waals surface area contributed by atoms with Crippen molar-refractivity contribution in [2.45, 2.75) is 19.5 Å². The number of aromatic nitrogens is 1. The van der Waals surface area contributed by atoms with Crippen molar-refractivity contribution in [1.82, 2.24) is 9.88 Å². The van der Waals surface area contributed by atoms with E-state index in [0.717, 1.165) is 15.4 Å². The molecule has 0 saturated carbocycles. The van der Waals surface area contributed by atoms with E-state index in [4.69, 9.17) is 0 Å². The van der Waals surface area contributed by atoms with Crippen LogP contribution in [0.25, 0.3) is 10.9 Å². The molecule has 1 aromatic carbocycles. The third-order valence-electron chi connectivity index (χ3n) is 2.98. The Balaban J connectivity index is 2.10. The molecule has 1 atom stereocenters. The van der Waals surface area contributed by atoms with Crippen LogP contribution in [-0.4, -0.2) is 29.6 Å². The highest BCUT2D eigenvalue weighted by Crippen LogP contribution is 2.20. The lowest BCUT2D eigenvalue weighted by molar-refractivity contribution is -0.144. The van der Waals surface area contributed by atoms with Gasteiger partial charge in [0.05, 0.1) is 7.11 Å². The first-order chi connectivity index (χ1) is 9.51. The highest BCUT2D eigenvalue weighted by atomic mass is 79.9. The number of carbonyl (C=O) groups excluding carboxylic acids is 2. The van der Waals surface area contributed by atoms with Gasteiger partial charge in [0, 0.05) is 16.2 Å². The largest absolute Gasteiger partial charge is 0.467 e. The first kappa shape index (κ1) is 14.6. The van der Waals surface area contributed by atoms with E-state index in [1.807, 2.05) is 35.0 Å². The molecule has 1 N–H and O–H groups in total. The summed E-state index contributed by atoms with van der Waals surface area (Å²) in [7, 11) is 1.29. The second-order valence-electron chi connectivity index (χ2n) is 4.46. The van der Waals surface area contributed by atoms with Crippen molar-refractivity contribution >= 4 is 38.7 Å². The summed E-state index contributed by atoms with van der Waals surface area (Å²) in [5.41, 5.74) is 0.959. The van der Waals surface area contributed by atoms with Gasteiger partial charge in [0.15, 0.2) is 0 Å². The van der Waals surface area contributed by atoms with E-state index in [-0.39, 0.29) is 12.5 Å². The van der Waals surface area contributed by atoms with Crippen LogP contribution in [0.1, 0.15) is 6.92 Å². The number of carbonyl (C=O) groups is 2. The van der Waals surface area contributed by atoms with Crippen LogP contribution in [0.2, 0.25) is 0 Å². The van der Waals surface area contributed by atoms with E-state index < -0.39 is 12.0 Å². The van der Waals surface area contributed by atoms with Gasteiger partial charge in [0.1, 0.15) is 12.6 Å². The van der Waals surface area contributed by atoms with E-state index in [9.17, 15) is 9.59 Å². The van der Waals surface area contributed by atoms with Crippen molar-refractivity contribution < 1.29 is 14.3 Å². The van der Waals surface area contributed by atoms with E-state index in [0.29, 0.717) is 0 Å². The minimum atomic E-state index is -0.652. The third kappa shape index (κ3) is 3.19. The number of benzene rings is 1. The molecule has 5 nitrogen and oxygen atoms in total. The molecule has 0 bridgehead atoms. The Morgan fingerprint density at radius 3 is 2.85 bits per heavy atom. The molecule has 1 heterocycles. The Bertz CT molecular complexity index is 651. The summed E-state index contributed by atoms with van der Waals surface area (Å²) in [6, 6.07) is 7.17. The maximum Gasteiger partial charge on any atom is 0.328 e. The van der Waals surface area contributed by atoms with Crippen LogP contribution in [-0.2, 0) is 20.9 Å². The van der Waals surface area contributed by atoms with Crippen LogP contribution < -0.4 is 5.32 Å². The zero-order chi connectivity index (χ0) is 14.7. The second kappa shape index (κ2) is 6.09. The van der Waals surface area contributed by atoms with Gasteiger partial charge in [-0.2, -0.15) is 0 Å². The number of nitrogens with zero attached hydrogens (tertiary/aromatic N) is 1. The molecule has 1 amide bonds. The van der Waals surface area contributed by atoms with Gasteiger partial charge in [-0.05, 0) is 30.5 Å². The molecular weight excluding hydrogens is 324 g/mol. The minimum absolute atomic E-state index is 0.154. The number of hydrogen-bond acceptors (Lipinski definition) is 3.